The molecule has 24 heavy (non-hydrogen) atoms. The van der Waals surface area contributed by atoms with Crippen LogP contribution in [0.25, 0.3) is 0 Å². The molecule has 2 aliphatic rings. The van der Waals surface area contributed by atoms with Crippen molar-refractivity contribution in [3.05, 3.63) is 64.6 Å². The van der Waals surface area contributed by atoms with Crippen LogP contribution in [0.4, 0.5) is 5.69 Å². The van der Waals surface area contributed by atoms with E-state index in [1.54, 1.807) is 0 Å². The molecule has 0 N–H and O–H groups in total. The van der Waals surface area contributed by atoms with Gasteiger partial charge in [-0.1, -0.05) is 46.3 Å². The summed E-state index contributed by atoms with van der Waals surface area (Å²) in [5.74, 6) is -0.0259. The number of nitrogens with zero attached hydrogens (tertiary/aromatic N) is 1. The average molecular weight is 384 g/mol. The molecule has 2 aromatic rings. The number of hydrogen-bond donors (Lipinski definition) is 0. The number of carbonyl (C=O) groups is 2. The van der Waals surface area contributed by atoms with Gasteiger partial charge in [0, 0.05) is 4.47 Å². The Kier molecular flexibility index (Phi) is 4.01. The van der Waals surface area contributed by atoms with Crippen molar-refractivity contribution in [2.24, 2.45) is 11.8 Å². The first-order valence-electron chi connectivity index (χ1n) is 8.33. The molecule has 1 aliphatic carbocycles. The van der Waals surface area contributed by atoms with Crippen LogP contribution in [0.15, 0.2) is 59.1 Å². The van der Waals surface area contributed by atoms with E-state index in [4.69, 9.17) is 0 Å². The van der Waals surface area contributed by atoms with Crippen molar-refractivity contribution in [1.29, 1.82) is 0 Å². The zero-order valence-corrected chi connectivity index (χ0v) is 14.8. The molecule has 1 heterocycles. The molecule has 2 fully saturated rings. The highest BCUT2D eigenvalue weighted by Gasteiger charge is 2.50. The van der Waals surface area contributed by atoms with Crippen LogP contribution in [-0.2, 0) is 9.59 Å². The van der Waals surface area contributed by atoms with Crippen LogP contribution in [0.2, 0.25) is 0 Å². The Morgan fingerprint density at radius 2 is 1.50 bits per heavy atom. The second-order valence-corrected chi connectivity index (χ2v) is 7.54. The summed E-state index contributed by atoms with van der Waals surface area (Å²) in [4.78, 5) is 27.1. The van der Waals surface area contributed by atoms with Crippen LogP contribution in [0.1, 0.15) is 30.7 Å². The molecule has 4 heteroatoms. The van der Waals surface area contributed by atoms with E-state index in [0.717, 1.165) is 23.7 Å². The van der Waals surface area contributed by atoms with Gasteiger partial charge in [0.05, 0.1) is 17.5 Å². The van der Waals surface area contributed by atoms with E-state index in [-0.39, 0.29) is 23.7 Å². The Bertz CT molecular complexity index is 772. The van der Waals surface area contributed by atoms with Crippen molar-refractivity contribution >= 4 is 33.4 Å². The lowest BCUT2D eigenvalue weighted by molar-refractivity contribution is -0.122. The van der Waals surface area contributed by atoms with Crippen molar-refractivity contribution < 1.29 is 9.59 Å². The zero-order valence-electron chi connectivity index (χ0n) is 13.2. The van der Waals surface area contributed by atoms with E-state index in [1.165, 1.54) is 10.5 Å². The molecule has 0 aromatic heterocycles. The minimum absolute atomic E-state index is 0.0289. The summed E-state index contributed by atoms with van der Waals surface area (Å²) in [7, 11) is 0. The van der Waals surface area contributed by atoms with Crippen LogP contribution >= 0.6 is 15.9 Å². The second-order valence-electron chi connectivity index (χ2n) is 6.62. The van der Waals surface area contributed by atoms with Crippen molar-refractivity contribution in [2.45, 2.75) is 25.2 Å². The topological polar surface area (TPSA) is 37.4 Å². The lowest BCUT2D eigenvalue weighted by Gasteiger charge is -2.28. The lowest BCUT2D eigenvalue weighted by atomic mass is 9.73. The molecule has 0 unspecified atom stereocenters. The molecular weight excluding hydrogens is 366 g/mol. The molecule has 1 saturated carbocycles. The van der Waals surface area contributed by atoms with Crippen LogP contribution in [0.5, 0.6) is 0 Å². The van der Waals surface area contributed by atoms with Crippen molar-refractivity contribution in [3.8, 4) is 0 Å². The summed E-state index contributed by atoms with van der Waals surface area (Å²) in [6.45, 7) is 0. The zero-order chi connectivity index (χ0) is 16.7. The standard InChI is InChI=1S/C20H18BrNO2/c21-15-7-9-16(10-8-15)22-19(23)17-11-6-14(12-18(17)20(22)24)13-4-2-1-3-5-13/h1-5,7-10,14,17-18H,6,11-12H2/t14-,17+,18-/m1/s1. The van der Waals surface area contributed by atoms with E-state index < -0.39 is 0 Å². The van der Waals surface area contributed by atoms with E-state index in [2.05, 4.69) is 28.1 Å². The minimum atomic E-state index is -0.180. The molecule has 2 amide bonds. The molecule has 1 aliphatic heterocycles. The Morgan fingerprint density at radius 3 is 2.21 bits per heavy atom. The number of hydrogen-bond acceptors (Lipinski definition) is 2. The smallest absolute Gasteiger partial charge is 0.237 e. The van der Waals surface area contributed by atoms with Gasteiger partial charge < -0.3 is 0 Å². The Labute approximate surface area is 149 Å². The lowest BCUT2D eigenvalue weighted by Crippen LogP contribution is -2.30. The number of rotatable bonds is 2. The first-order valence-corrected chi connectivity index (χ1v) is 9.13. The Balaban J connectivity index is 1.60. The molecule has 0 bridgehead atoms. The Morgan fingerprint density at radius 1 is 0.833 bits per heavy atom. The van der Waals surface area contributed by atoms with Crippen LogP contribution in [-0.4, -0.2) is 11.8 Å². The van der Waals surface area contributed by atoms with Crippen molar-refractivity contribution in [1.82, 2.24) is 0 Å². The Hall–Kier alpha value is -1.94. The van der Waals surface area contributed by atoms with Crippen molar-refractivity contribution in [3.63, 3.8) is 0 Å². The summed E-state index contributed by atoms with van der Waals surface area (Å²) in [6, 6.07) is 17.7. The molecule has 1 saturated heterocycles. The predicted octanol–water partition coefficient (Wildman–Crippen LogP) is 4.52. The van der Waals surface area contributed by atoms with Gasteiger partial charge in [-0.25, -0.2) is 0 Å². The molecule has 3 atom stereocenters. The summed E-state index contributed by atoms with van der Waals surface area (Å²) >= 11 is 3.39. The quantitative estimate of drug-likeness (QED) is 0.714. The summed E-state index contributed by atoms with van der Waals surface area (Å²) in [5, 5.41) is 0. The molecule has 3 nitrogen and oxygen atoms in total. The highest BCUT2D eigenvalue weighted by molar-refractivity contribution is 9.10. The van der Waals surface area contributed by atoms with E-state index >= 15 is 0 Å². The van der Waals surface area contributed by atoms with Gasteiger partial charge >= 0.3 is 0 Å². The molecule has 122 valence electrons. The fourth-order valence-corrected chi connectivity index (χ4v) is 4.32. The number of benzene rings is 2. The number of amides is 2. The normalized spacial score (nSPS) is 26.5. The number of carbonyl (C=O) groups excluding carboxylic acids is 2. The van der Waals surface area contributed by atoms with Crippen LogP contribution in [0.3, 0.4) is 0 Å². The van der Waals surface area contributed by atoms with Gasteiger partial charge in [-0.05, 0) is 55.0 Å². The third kappa shape index (κ3) is 2.59. The summed E-state index contributed by atoms with van der Waals surface area (Å²) in [5.41, 5.74) is 1.96. The largest absolute Gasteiger partial charge is 0.274 e. The first kappa shape index (κ1) is 15.6. The minimum Gasteiger partial charge on any atom is -0.274 e. The maximum Gasteiger partial charge on any atom is 0.237 e. The molecule has 4 rings (SSSR count). The number of fused-ring (bicyclic) bond motifs is 1. The van der Waals surface area contributed by atoms with Gasteiger partial charge in [-0.2, -0.15) is 0 Å². The third-order valence-electron chi connectivity index (χ3n) is 5.28. The fourth-order valence-electron chi connectivity index (χ4n) is 4.05. The first-order chi connectivity index (χ1) is 11.6. The third-order valence-corrected chi connectivity index (χ3v) is 5.81. The van der Waals surface area contributed by atoms with Crippen molar-refractivity contribution in [2.75, 3.05) is 4.90 Å². The van der Waals surface area contributed by atoms with Gasteiger partial charge in [0.25, 0.3) is 0 Å². The van der Waals surface area contributed by atoms with Crippen LogP contribution < -0.4 is 4.90 Å². The molecule has 0 spiro atoms. The second kappa shape index (κ2) is 6.17. The average Bonchev–Trinajstić information content (AvgIpc) is 2.87. The monoisotopic (exact) mass is 383 g/mol. The van der Waals surface area contributed by atoms with Gasteiger partial charge in [0.15, 0.2) is 0 Å². The fraction of sp³-hybridized carbons (Fsp3) is 0.300. The summed E-state index contributed by atoms with van der Waals surface area (Å²) in [6.07, 6.45) is 2.53. The van der Waals surface area contributed by atoms with E-state index in [0.29, 0.717) is 11.6 Å². The SMILES string of the molecule is O=C1[C@H]2CC[C@@H](c3ccccc3)C[C@H]2C(=O)N1c1ccc(Br)cc1. The number of imide groups is 1. The van der Waals surface area contributed by atoms with Gasteiger partial charge in [0.2, 0.25) is 11.8 Å². The van der Waals surface area contributed by atoms with Crippen LogP contribution in [0, 0.1) is 11.8 Å². The molecule has 0 radical (unpaired) electrons. The van der Waals surface area contributed by atoms with Gasteiger partial charge in [0.1, 0.15) is 0 Å². The highest BCUT2D eigenvalue weighted by Crippen LogP contribution is 2.45. The summed E-state index contributed by atoms with van der Waals surface area (Å²) < 4.78 is 0.937. The number of halogens is 1. The van der Waals surface area contributed by atoms with Gasteiger partial charge in [-0.15, -0.1) is 0 Å². The molecule has 2 aromatic carbocycles. The molecular formula is C20H18BrNO2. The predicted molar refractivity (Wildman–Crippen MR) is 96.6 cm³/mol. The maximum absolute atomic E-state index is 12.9. The van der Waals surface area contributed by atoms with E-state index in [1.807, 2.05) is 42.5 Å². The highest BCUT2D eigenvalue weighted by atomic mass is 79.9. The van der Waals surface area contributed by atoms with Gasteiger partial charge in [-0.3, -0.25) is 14.5 Å². The van der Waals surface area contributed by atoms with E-state index in [9.17, 15) is 9.59 Å². The maximum atomic E-state index is 12.9. The number of anilines is 1.